The van der Waals surface area contributed by atoms with E-state index in [-0.39, 0.29) is 17.5 Å². The minimum absolute atomic E-state index is 0.174. The van der Waals surface area contributed by atoms with Crippen LogP contribution in [0.3, 0.4) is 0 Å². The van der Waals surface area contributed by atoms with Gasteiger partial charge in [-0.1, -0.05) is 6.92 Å². The van der Waals surface area contributed by atoms with Gasteiger partial charge in [0.2, 0.25) is 0 Å². The van der Waals surface area contributed by atoms with E-state index in [0.717, 1.165) is 19.3 Å². The van der Waals surface area contributed by atoms with E-state index >= 15 is 0 Å². The Balaban J connectivity index is 2.07. The fourth-order valence-corrected chi connectivity index (χ4v) is 2.19. The van der Waals surface area contributed by atoms with Crippen molar-refractivity contribution >= 4 is 5.78 Å². The molecule has 2 aliphatic heterocycles. The molecule has 0 aromatic rings. The lowest BCUT2D eigenvalue weighted by molar-refractivity contribution is -0.138. The first-order chi connectivity index (χ1) is 6.74. The predicted molar refractivity (Wildman–Crippen MR) is 51.8 cm³/mol. The van der Waals surface area contributed by atoms with Crippen LogP contribution in [0.4, 0.5) is 0 Å². The van der Waals surface area contributed by atoms with Gasteiger partial charge in [-0.3, -0.25) is 4.79 Å². The number of ether oxygens (including phenoxy) is 2. The van der Waals surface area contributed by atoms with Crippen LogP contribution in [0.1, 0.15) is 32.6 Å². The molecule has 2 aliphatic rings. The molecule has 2 heterocycles. The third kappa shape index (κ3) is 1.82. The summed E-state index contributed by atoms with van der Waals surface area (Å²) in [6.07, 6.45) is 6.50. The minimum atomic E-state index is -0.259. The normalized spacial score (nSPS) is 37.2. The van der Waals surface area contributed by atoms with Crippen molar-refractivity contribution in [2.75, 3.05) is 6.61 Å². The largest absolute Gasteiger partial charge is 0.494 e. The molecule has 1 saturated heterocycles. The molecular weight excluding hydrogens is 180 g/mol. The van der Waals surface area contributed by atoms with E-state index in [9.17, 15) is 4.79 Å². The summed E-state index contributed by atoms with van der Waals surface area (Å²) in [6, 6.07) is 0. The fraction of sp³-hybridized carbons (Fsp3) is 0.727. The molecule has 1 fully saturated rings. The van der Waals surface area contributed by atoms with Gasteiger partial charge in [0, 0.05) is 18.9 Å². The second kappa shape index (κ2) is 3.73. The molecule has 2 rings (SSSR count). The summed E-state index contributed by atoms with van der Waals surface area (Å²) in [5.41, 5.74) is -0.259. The van der Waals surface area contributed by atoms with Gasteiger partial charge in [0.25, 0.3) is 0 Å². The Labute approximate surface area is 84.1 Å². The van der Waals surface area contributed by atoms with E-state index in [1.54, 1.807) is 6.26 Å². The predicted octanol–water partition coefficient (Wildman–Crippen LogP) is 1.82. The molecule has 78 valence electrons. The number of hydrogen-bond acceptors (Lipinski definition) is 3. The van der Waals surface area contributed by atoms with Gasteiger partial charge in [-0.15, -0.1) is 0 Å². The van der Waals surface area contributed by atoms with Crippen LogP contribution in [-0.2, 0) is 14.3 Å². The maximum Gasteiger partial charge on any atom is 0.162 e. The molecule has 0 saturated carbocycles. The number of rotatable bonds is 1. The van der Waals surface area contributed by atoms with Crippen molar-refractivity contribution in [2.45, 2.75) is 44.3 Å². The van der Waals surface area contributed by atoms with E-state index in [2.05, 4.69) is 6.92 Å². The molecule has 0 amide bonds. The van der Waals surface area contributed by atoms with Crippen LogP contribution < -0.4 is 0 Å². The molecule has 0 aromatic heterocycles. The first kappa shape index (κ1) is 9.71. The molecule has 1 spiro atoms. The van der Waals surface area contributed by atoms with Gasteiger partial charge < -0.3 is 9.47 Å². The summed E-state index contributed by atoms with van der Waals surface area (Å²) in [5, 5.41) is 0. The average molecular weight is 196 g/mol. The summed E-state index contributed by atoms with van der Waals surface area (Å²) < 4.78 is 11.2. The highest BCUT2D eigenvalue weighted by Gasteiger charge is 2.40. The topological polar surface area (TPSA) is 35.5 Å². The molecule has 0 aromatic carbocycles. The highest BCUT2D eigenvalue weighted by Crippen LogP contribution is 2.35. The van der Waals surface area contributed by atoms with Crippen molar-refractivity contribution in [3.8, 4) is 0 Å². The molecule has 2 unspecified atom stereocenters. The molecule has 0 radical (unpaired) electrons. The Kier molecular flexibility index (Phi) is 2.59. The van der Waals surface area contributed by atoms with Crippen molar-refractivity contribution in [1.82, 2.24) is 0 Å². The standard InChI is InChI=1S/C11H16O3/c1-2-10-8-11(4-6-13-10)7-9(12)3-5-14-11/h3,5,10H,2,4,6-8H2,1H3. The number of allylic oxidation sites excluding steroid dienone is 1. The summed E-state index contributed by atoms with van der Waals surface area (Å²) in [6.45, 7) is 2.81. The zero-order valence-corrected chi connectivity index (χ0v) is 8.49. The highest BCUT2D eigenvalue weighted by atomic mass is 16.5. The van der Waals surface area contributed by atoms with Gasteiger partial charge in [0.05, 0.1) is 25.4 Å². The van der Waals surface area contributed by atoms with Crippen molar-refractivity contribution < 1.29 is 14.3 Å². The summed E-state index contributed by atoms with van der Waals surface area (Å²) >= 11 is 0. The molecule has 0 aliphatic carbocycles. The monoisotopic (exact) mass is 196 g/mol. The van der Waals surface area contributed by atoms with Gasteiger partial charge in [0.15, 0.2) is 5.78 Å². The first-order valence-electron chi connectivity index (χ1n) is 5.23. The van der Waals surface area contributed by atoms with Crippen LogP contribution in [-0.4, -0.2) is 24.1 Å². The molecule has 3 heteroatoms. The van der Waals surface area contributed by atoms with Gasteiger partial charge in [-0.05, 0) is 6.42 Å². The van der Waals surface area contributed by atoms with Crippen molar-refractivity contribution in [3.63, 3.8) is 0 Å². The average Bonchev–Trinajstić information content (AvgIpc) is 2.17. The Morgan fingerprint density at radius 3 is 3.21 bits per heavy atom. The lowest BCUT2D eigenvalue weighted by Gasteiger charge is -2.40. The Hall–Kier alpha value is -0.830. The van der Waals surface area contributed by atoms with E-state index in [1.165, 1.54) is 6.08 Å². The third-order valence-corrected chi connectivity index (χ3v) is 3.03. The smallest absolute Gasteiger partial charge is 0.162 e. The molecule has 0 N–H and O–H groups in total. The highest BCUT2D eigenvalue weighted by molar-refractivity contribution is 5.90. The zero-order valence-electron chi connectivity index (χ0n) is 8.49. The van der Waals surface area contributed by atoms with Gasteiger partial charge in [0.1, 0.15) is 5.60 Å². The van der Waals surface area contributed by atoms with Crippen LogP contribution in [0.2, 0.25) is 0 Å². The number of ketones is 1. The first-order valence-corrected chi connectivity index (χ1v) is 5.23. The number of hydrogen-bond donors (Lipinski definition) is 0. The van der Waals surface area contributed by atoms with Crippen molar-refractivity contribution in [2.24, 2.45) is 0 Å². The Morgan fingerprint density at radius 1 is 1.64 bits per heavy atom. The molecule has 14 heavy (non-hydrogen) atoms. The van der Waals surface area contributed by atoms with Crippen molar-refractivity contribution in [3.05, 3.63) is 12.3 Å². The lowest BCUT2D eigenvalue weighted by Crippen LogP contribution is -2.44. The van der Waals surface area contributed by atoms with E-state index in [0.29, 0.717) is 13.0 Å². The minimum Gasteiger partial charge on any atom is -0.494 e. The maximum atomic E-state index is 11.3. The van der Waals surface area contributed by atoms with Gasteiger partial charge >= 0.3 is 0 Å². The number of carbonyl (C=O) groups excluding carboxylic acids is 1. The molecule has 0 bridgehead atoms. The second-order valence-corrected chi connectivity index (χ2v) is 4.10. The lowest BCUT2D eigenvalue weighted by atomic mass is 9.84. The van der Waals surface area contributed by atoms with Crippen LogP contribution in [0.25, 0.3) is 0 Å². The second-order valence-electron chi connectivity index (χ2n) is 4.10. The third-order valence-electron chi connectivity index (χ3n) is 3.03. The summed E-state index contributed by atoms with van der Waals surface area (Å²) in [5.74, 6) is 0.174. The Morgan fingerprint density at radius 2 is 2.50 bits per heavy atom. The quantitative estimate of drug-likeness (QED) is 0.641. The maximum absolute atomic E-state index is 11.3. The van der Waals surface area contributed by atoms with Crippen LogP contribution in [0.15, 0.2) is 12.3 Å². The summed E-state index contributed by atoms with van der Waals surface area (Å²) in [7, 11) is 0. The van der Waals surface area contributed by atoms with E-state index in [1.807, 2.05) is 0 Å². The zero-order chi connectivity index (χ0) is 10.0. The Bertz CT molecular complexity index is 259. The summed E-state index contributed by atoms with van der Waals surface area (Å²) in [4.78, 5) is 11.3. The van der Waals surface area contributed by atoms with Gasteiger partial charge in [-0.2, -0.15) is 0 Å². The van der Waals surface area contributed by atoms with E-state index in [4.69, 9.17) is 9.47 Å². The van der Waals surface area contributed by atoms with Crippen LogP contribution >= 0.6 is 0 Å². The van der Waals surface area contributed by atoms with Crippen LogP contribution in [0.5, 0.6) is 0 Å². The SMILES string of the molecule is CCC1CC2(CCO1)CC(=O)C=CO2. The number of carbonyl (C=O) groups is 1. The van der Waals surface area contributed by atoms with E-state index < -0.39 is 0 Å². The fourth-order valence-electron chi connectivity index (χ4n) is 2.19. The van der Waals surface area contributed by atoms with Crippen LogP contribution in [0, 0.1) is 0 Å². The van der Waals surface area contributed by atoms with Crippen molar-refractivity contribution in [1.29, 1.82) is 0 Å². The van der Waals surface area contributed by atoms with Gasteiger partial charge in [-0.25, -0.2) is 0 Å². The molecule has 2 atom stereocenters. The molecule has 3 nitrogen and oxygen atoms in total. The molecular formula is C11H16O3.